The molecule has 6 rings (SSSR count). The smallest absolute Gasteiger partial charge is 0.137 e. The van der Waals surface area contributed by atoms with Gasteiger partial charge in [-0.15, -0.1) is 0 Å². The Bertz CT molecular complexity index is 1450. The van der Waals surface area contributed by atoms with Crippen LogP contribution in [0, 0.1) is 0 Å². The third kappa shape index (κ3) is 10.9. The number of halogens is 3. The molecule has 1 N–H and O–H groups in total. The van der Waals surface area contributed by atoms with Crippen molar-refractivity contribution in [2.24, 2.45) is 0 Å². The molecule has 6 aromatic rings. The molecule has 4 nitrogen and oxygen atoms in total. The lowest BCUT2D eigenvalue weighted by Gasteiger charge is -2.24. The van der Waals surface area contributed by atoms with Gasteiger partial charge >= 0.3 is 0 Å². The van der Waals surface area contributed by atoms with Gasteiger partial charge in [0.2, 0.25) is 0 Å². The second-order valence-electron chi connectivity index (χ2n) is 8.48. The molecular formula is C35H31Br3N4. The van der Waals surface area contributed by atoms with Gasteiger partial charge in [0.05, 0.1) is 0 Å². The summed E-state index contributed by atoms with van der Waals surface area (Å²) in [6.45, 7) is 0. The number of hydrogen-bond donors (Lipinski definition) is 1. The summed E-state index contributed by atoms with van der Waals surface area (Å²) in [6.07, 6.45) is 3.58. The molecule has 0 saturated heterocycles. The van der Waals surface area contributed by atoms with Gasteiger partial charge in [0.1, 0.15) is 11.6 Å². The summed E-state index contributed by atoms with van der Waals surface area (Å²) in [5, 5.41) is 3.19. The van der Waals surface area contributed by atoms with Crippen LogP contribution in [0.15, 0.2) is 171 Å². The molecule has 0 aliphatic carbocycles. The molecule has 212 valence electrons. The van der Waals surface area contributed by atoms with Crippen LogP contribution in [-0.2, 0) is 0 Å². The molecule has 2 aromatic heterocycles. The molecule has 0 atom stereocenters. The lowest BCUT2D eigenvalue weighted by Crippen LogP contribution is -2.10. The maximum Gasteiger partial charge on any atom is 0.137 e. The highest BCUT2D eigenvalue weighted by atomic mass is 79.9. The van der Waals surface area contributed by atoms with Crippen LogP contribution in [-0.4, -0.2) is 9.97 Å². The average molecular weight is 747 g/mol. The Morgan fingerprint density at radius 1 is 0.452 bits per heavy atom. The number of nitrogens with one attached hydrogen (secondary N) is 1. The zero-order chi connectivity index (χ0) is 28.7. The van der Waals surface area contributed by atoms with Crippen molar-refractivity contribution in [2.75, 3.05) is 10.2 Å². The zero-order valence-corrected chi connectivity index (χ0v) is 26.7. The SMILES string of the molecule is Brc1ccc(Br)cc1.Brc1ccc(N(c2ccccc2)c2ccccn2)cc1.C.c1ccc(Nc2ccccn2)cc1. The predicted molar refractivity (Wildman–Crippen MR) is 189 cm³/mol. The highest BCUT2D eigenvalue weighted by molar-refractivity contribution is 9.11. The normalized spacial score (nSPS) is 9.60. The number of hydrogen-bond acceptors (Lipinski definition) is 4. The van der Waals surface area contributed by atoms with Crippen molar-refractivity contribution in [3.05, 3.63) is 171 Å². The minimum Gasteiger partial charge on any atom is -0.340 e. The molecule has 0 saturated carbocycles. The van der Waals surface area contributed by atoms with Gasteiger partial charge in [-0.2, -0.15) is 0 Å². The first-order valence-corrected chi connectivity index (χ1v) is 15.1. The average Bonchev–Trinajstić information content (AvgIpc) is 3.03. The quantitative estimate of drug-likeness (QED) is 0.191. The molecule has 0 unspecified atom stereocenters. The van der Waals surface area contributed by atoms with Gasteiger partial charge in [0.15, 0.2) is 0 Å². The second-order valence-corrected chi connectivity index (χ2v) is 11.2. The summed E-state index contributed by atoms with van der Waals surface area (Å²) in [5.74, 6) is 1.77. The first kappa shape index (κ1) is 32.7. The molecule has 0 fully saturated rings. The first-order valence-electron chi connectivity index (χ1n) is 12.7. The van der Waals surface area contributed by atoms with Crippen LogP contribution < -0.4 is 10.2 Å². The Labute approximate surface area is 273 Å². The van der Waals surface area contributed by atoms with Gasteiger partial charge in [-0.05, 0) is 97.1 Å². The van der Waals surface area contributed by atoms with E-state index in [1.165, 1.54) is 0 Å². The van der Waals surface area contributed by atoms with Gasteiger partial charge in [-0.1, -0.05) is 104 Å². The summed E-state index contributed by atoms with van der Waals surface area (Å²) >= 11 is 10.1. The molecule has 2 heterocycles. The van der Waals surface area contributed by atoms with Gasteiger partial charge in [-0.3, -0.25) is 4.90 Å². The first-order chi connectivity index (χ1) is 20.1. The Hall–Kier alpha value is -3.78. The second kappa shape index (κ2) is 17.9. The Kier molecular flexibility index (Phi) is 14.0. The van der Waals surface area contributed by atoms with E-state index < -0.39 is 0 Å². The van der Waals surface area contributed by atoms with E-state index in [4.69, 9.17) is 0 Å². The fourth-order valence-corrected chi connectivity index (χ4v) is 4.40. The molecule has 42 heavy (non-hydrogen) atoms. The number of benzene rings is 4. The van der Waals surface area contributed by atoms with Gasteiger partial charge in [0, 0.05) is 42.9 Å². The third-order valence-electron chi connectivity index (χ3n) is 5.49. The van der Waals surface area contributed by atoms with Crippen molar-refractivity contribution in [3.8, 4) is 0 Å². The number of nitrogens with zero attached hydrogens (tertiary/aromatic N) is 3. The van der Waals surface area contributed by atoms with Crippen LogP contribution in [0.25, 0.3) is 0 Å². The van der Waals surface area contributed by atoms with Crippen LogP contribution in [0.4, 0.5) is 28.7 Å². The summed E-state index contributed by atoms with van der Waals surface area (Å²) in [6, 6.07) is 48.1. The van der Waals surface area contributed by atoms with Crippen molar-refractivity contribution < 1.29 is 0 Å². The summed E-state index contributed by atoms with van der Waals surface area (Å²) in [4.78, 5) is 10.8. The molecule has 7 heteroatoms. The summed E-state index contributed by atoms with van der Waals surface area (Å²) < 4.78 is 3.29. The van der Waals surface area contributed by atoms with Crippen molar-refractivity contribution in [1.82, 2.24) is 9.97 Å². The summed E-state index contributed by atoms with van der Waals surface area (Å²) in [5.41, 5.74) is 3.23. The fraction of sp³-hybridized carbons (Fsp3) is 0.0286. The van der Waals surface area contributed by atoms with E-state index in [0.717, 1.165) is 42.1 Å². The van der Waals surface area contributed by atoms with Gasteiger partial charge in [-0.25, -0.2) is 9.97 Å². The molecular weight excluding hydrogens is 716 g/mol. The molecule has 0 radical (unpaired) electrons. The maximum atomic E-state index is 4.47. The van der Waals surface area contributed by atoms with Gasteiger partial charge < -0.3 is 5.32 Å². The fourth-order valence-electron chi connectivity index (χ4n) is 3.60. The molecule has 0 spiro atoms. The predicted octanol–water partition coefficient (Wildman–Crippen LogP) is 12.0. The van der Waals surface area contributed by atoms with Crippen LogP contribution in [0.3, 0.4) is 0 Å². The lowest BCUT2D eigenvalue weighted by atomic mass is 10.2. The number of anilines is 5. The van der Waals surface area contributed by atoms with E-state index in [-0.39, 0.29) is 7.43 Å². The van der Waals surface area contributed by atoms with Crippen molar-refractivity contribution in [3.63, 3.8) is 0 Å². The molecule has 0 aliphatic heterocycles. The van der Waals surface area contributed by atoms with Crippen LogP contribution in [0.2, 0.25) is 0 Å². The van der Waals surface area contributed by atoms with Crippen LogP contribution in [0.1, 0.15) is 7.43 Å². The van der Waals surface area contributed by atoms with E-state index >= 15 is 0 Å². The molecule has 0 aliphatic rings. The molecule has 4 aromatic carbocycles. The highest BCUT2D eigenvalue weighted by Gasteiger charge is 2.12. The van der Waals surface area contributed by atoms with Crippen LogP contribution >= 0.6 is 47.8 Å². The van der Waals surface area contributed by atoms with Crippen molar-refractivity contribution in [2.45, 2.75) is 7.43 Å². The van der Waals surface area contributed by atoms with Crippen molar-refractivity contribution in [1.29, 1.82) is 0 Å². The topological polar surface area (TPSA) is 41.1 Å². The van der Waals surface area contributed by atoms with Crippen molar-refractivity contribution >= 4 is 76.5 Å². The van der Waals surface area contributed by atoms with E-state index in [2.05, 4.69) is 92.2 Å². The Balaban J connectivity index is 0.000000189. The monoisotopic (exact) mass is 744 g/mol. The molecule has 0 amide bonds. The third-order valence-corrected chi connectivity index (χ3v) is 7.08. The summed E-state index contributed by atoms with van der Waals surface area (Å²) in [7, 11) is 0. The Morgan fingerprint density at radius 2 is 0.905 bits per heavy atom. The minimum absolute atomic E-state index is 0. The zero-order valence-electron chi connectivity index (χ0n) is 22.0. The highest BCUT2D eigenvalue weighted by Crippen LogP contribution is 2.33. The molecule has 0 bridgehead atoms. The van der Waals surface area contributed by atoms with E-state index in [1.807, 2.05) is 128 Å². The van der Waals surface area contributed by atoms with E-state index in [0.29, 0.717) is 0 Å². The van der Waals surface area contributed by atoms with E-state index in [9.17, 15) is 0 Å². The maximum absolute atomic E-state index is 4.47. The lowest BCUT2D eigenvalue weighted by molar-refractivity contribution is 1.18. The van der Waals surface area contributed by atoms with Gasteiger partial charge in [0.25, 0.3) is 0 Å². The standard InChI is InChI=1S/C17H13BrN2.C11H10N2.C6H4Br2.CH4/c18-14-9-11-16(12-10-14)20(15-6-2-1-3-7-15)17-8-4-5-13-19-17;1-2-6-10(7-3-1)13-11-8-4-5-9-12-11;7-5-1-2-6(8)4-3-5;/h1-13H;1-9H,(H,12,13);1-4H;1H4. The largest absolute Gasteiger partial charge is 0.340 e. The minimum atomic E-state index is 0. The number of rotatable bonds is 5. The van der Waals surface area contributed by atoms with E-state index in [1.54, 1.807) is 6.20 Å². The number of aromatic nitrogens is 2. The Morgan fingerprint density at radius 3 is 1.40 bits per heavy atom. The van der Waals surface area contributed by atoms with Crippen LogP contribution in [0.5, 0.6) is 0 Å². The number of pyridine rings is 2. The number of para-hydroxylation sites is 2.